The molecule has 0 saturated carbocycles. The summed E-state index contributed by atoms with van der Waals surface area (Å²) in [5.41, 5.74) is 0. The van der Waals surface area contributed by atoms with Crippen LogP contribution < -0.4 is 4.74 Å². The van der Waals surface area contributed by atoms with Crippen LogP contribution in [0.2, 0.25) is 0 Å². The Balaban J connectivity index is 2.05. The first-order chi connectivity index (χ1) is 8.04. The summed E-state index contributed by atoms with van der Waals surface area (Å²) < 4.78 is 39.0. The second kappa shape index (κ2) is 4.36. The number of carbonyl (C=O) groups excluding carboxylic acids is 2. The van der Waals surface area contributed by atoms with Crippen LogP contribution in [0.25, 0.3) is 0 Å². The topological polar surface area (TPSA) is 61.8 Å². The second-order valence-electron chi connectivity index (χ2n) is 3.19. The molecule has 0 aliphatic carbocycles. The molecule has 17 heavy (non-hydrogen) atoms. The van der Waals surface area contributed by atoms with Gasteiger partial charge >= 0.3 is 12.1 Å². The van der Waals surface area contributed by atoms with Crippen molar-refractivity contribution in [2.45, 2.75) is 6.10 Å². The molecule has 1 aliphatic rings. The van der Waals surface area contributed by atoms with Crippen molar-refractivity contribution in [2.75, 3.05) is 6.61 Å². The lowest BCUT2D eigenvalue weighted by Crippen LogP contribution is -2.27. The van der Waals surface area contributed by atoms with Gasteiger partial charge in [0.2, 0.25) is 6.10 Å². The molecule has 0 radical (unpaired) electrons. The van der Waals surface area contributed by atoms with E-state index in [4.69, 9.17) is 0 Å². The summed E-state index contributed by atoms with van der Waals surface area (Å²) in [5.74, 6) is -3.03. The van der Waals surface area contributed by atoms with Crippen LogP contribution in [0, 0.1) is 11.6 Å². The summed E-state index contributed by atoms with van der Waals surface area (Å²) >= 11 is 0. The number of benzene rings is 1. The summed E-state index contributed by atoms with van der Waals surface area (Å²) in [5, 5.41) is 0. The SMILES string of the molecule is O=C1OCC(C(=O)Oc2cc(F)cc(F)c2)O1. The fourth-order valence-electron chi connectivity index (χ4n) is 1.21. The van der Waals surface area contributed by atoms with E-state index in [0.29, 0.717) is 6.07 Å². The molecule has 1 atom stereocenters. The third kappa shape index (κ3) is 2.68. The first-order valence-electron chi connectivity index (χ1n) is 4.56. The highest BCUT2D eigenvalue weighted by Crippen LogP contribution is 2.17. The van der Waals surface area contributed by atoms with Crippen molar-refractivity contribution in [3.63, 3.8) is 0 Å². The van der Waals surface area contributed by atoms with Crippen LogP contribution in [0.15, 0.2) is 18.2 Å². The highest BCUT2D eigenvalue weighted by atomic mass is 19.1. The maximum Gasteiger partial charge on any atom is 0.509 e. The normalized spacial score (nSPS) is 18.5. The molecule has 5 nitrogen and oxygen atoms in total. The molecule has 1 fully saturated rings. The predicted octanol–water partition coefficient (Wildman–Crippen LogP) is 1.41. The molecule has 1 unspecified atom stereocenters. The third-order valence-electron chi connectivity index (χ3n) is 1.91. The Labute approximate surface area is 93.9 Å². The van der Waals surface area contributed by atoms with Gasteiger partial charge in [0, 0.05) is 18.2 Å². The molecule has 1 aliphatic heterocycles. The zero-order chi connectivity index (χ0) is 12.4. The van der Waals surface area contributed by atoms with E-state index in [1.165, 1.54) is 0 Å². The molecule has 1 heterocycles. The maximum atomic E-state index is 12.8. The Morgan fingerprint density at radius 3 is 2.47 bits per heavy atom. The Hall–Kier alpha value is -2.18. The lowest BCUT2D eigenvalue weighted by Gasteiger charge is -2.07. The fraction of sp³-hybridized carbons (Fsp3) is 0.200. The first-order valence-corrected chi connectivity index (χ1v) is 4.56. The van der Waals surface area contributed by atoms with E-state index in [-0.39, 0.29) is 12.4 Å². The van der Waals surface area contributed by atoms with Crippen molar-refractivity contribution in [1.82, 2.24) is 0 Å². The van der Waals surface area contributed by atoms with Crippen molar-refractivity contribution in [3.05, 3.63) is 29.8 Å². The first kappa shape index (κ1) is 11.3. The highest BCUT2D eigenvalue weighted by Gasteiger charge is 2.33. The van der Waals surface area contributed by atoms with Gasteiger partial charge in [-0.25, -0.2) is 18.4 Å². The molecule has 1 aromatic carbocycles. The lowest BCUT2D eigenvalue weighted by atomic mass is 10.3. The van der Waals surface area contributed by atoms with E-state index in [1.54, 1.807) is 0 Å². The van der Waals surface area contributed by atoms with Gasteiger partial charge in [0.1, 0.15) is 24.0 Å². The number of carbonyl (C=O) groups is 2. The minimum atomic E-state index is -1.21. The smallest absolute Gasteiger partial charge is 0.430 e. The fourth-order valence-corrected chi connectivity index (χ4v) is 1.21. The van der Waals surface area contributed by atoms with Crippen LogP contribution in [0.3, 0.4) is 0 Å². The van der Waals surface area contributed by atoms with Crippen LogP contribution >= 0.6 is 0 Å². The molecular formula is C10H6F2O5. The molecule has 0 bridgehead atoms. The molecule has 0 N–H and O–H groups in total. The molecule has 1 aromatic rings. The van der Waals surface area contributed by atoms with Crippen molar-refractivity contribution in [1.29, 1.82) is 0 Å². The van der Waals surface area contributed by atoms with Crippen LogP contribution in [0.4, 0.5) is 13.6 Å². The van der Waals surface area contributed by atoms with Gasteiger partial charge in [0.05, 0.1) is 0 Å². The number of ether oxygens (including phenoxy) is 3. The van der Waals surface area contributed by atoms with Crippen LogP contribution in [-0.4, -0.2) is 24.8 Å². The van der Waals surface area contributed by atoms with Crippen LogP contribution in [0.1, 0.15) is 0 Å². The summed E-state index contributed by atoms with van der Waals surface area (Å²) in [7, 11) is 0. The Morgan fingerprint density at radius 2 is 1.94 bits per heavy atom. The summed E-state index contributed by atoms with van der Waals surface area (Å²) in [6, 6.07) is 2.30. The largest absolute Gasteiger partial charge is 0.509 e. The van der Waals surface area contributed by atoms with Gasteiger partial charge in [0.15, 0.2) is 0 Å². The number of halogens is 2. The minimum absolute atomic E-state index is 0.282. The predicted molar refractivity (Wildman–Crippen MR) is 48.2 cm³/mol. The zero-order valence-electron chi connectivity index (χ0n) is 8.31. The van der Waals surface area contributed by atoms with E-state index in [0.717, 1.165) is 12.1 Å². The standard InChI is InChI=1S/C10H6F2O5/c11-5-1-6(12)3-7(2-5)16-9(13)8-4-15-10(14)17-8/h1-3,8H,4H2. The van der Waals surface area contributed by atoms with E-state index in [2.05, 4.69) is 14.2 Å². The number of cyclic esters (lactones) is 2. The average molecular weight is 244 g/mol. The quantitative estimate of drug-likeness (QED) is 0.581. The zero-order valence-corrected chi connectivity index (χ0v) is 8.31. The van der Waals surface area contributed by atoms with Gasteiger partial charge in [-0.2, -0.15) is 0 Å². The highest BCUT2D eigenvalue weighted by molar-refractivity contribution is 5.81. The average Bonchev–Trinajstić information content (AvgIpc) is 2.63. The van der Waals surface area contributed by atoms with Crippen molar-refractivity contribution >= 4 is 12.1 Å². The molecule has 2 rings (SSSR count). The van der Waals surface area contributed by atoms with Gasteiger partial charge in [0.25, 0.3) is 0 Å². The third-order valence-corrected chi connectivity index (χ3v) is 1.91. The Bertz CT molecular complexity index is 454. The Kier molecular flexibility index (Phi) is 2.90. The number of rotatable bonds is 2. The van der Waals surface area contributed by atoms with Crippen molar-refractivity contribution in [2.24, 2.45) is 0 Å². The maximum absolute atomic E-state index is 12.8. The number of hydrogen-bond donors (Lipinski definition) is 0. The molecule has 0 amide bonds. The minimum Gasteiger partial charge on any atom is -0.430 e. The number of hydrogen-bond acceptors (Lipinski definition) is 5. The molecular weight excluding hydrogens is 238 g/mol. The lowest BCUT2D eigenvalue weighted by molar-refractivity contribution is -0.142. The van der Waals surface area contributed by atoms with E-state index >= 15 is 0 Å². The second-order valence-corrected chi connectivity index (χ2v) is 3.19. The van der Waals surface area contributed by atoms with E-state index in [1.807, 2.05) is 0 Å². The molecule has 0 spiro atoms. The summed E-state index contributed by atoms with van der Waals surface area (Å²) in [4.78, 5) is 21.9. The van der Waals surface area contributed by atoms with Gasteiger partial charge < -0.3 is 14.2 Å². The molecule has 7 heteroatoms. The van der Waals surface area contributed by atoms with Crippen molar-refractivity contribution in [3.8, 4) is 5.75 Å². The van der Waals surface area contributed by atoms with Gasteiger partial charge in [-0.3, -0.25) is 0 Å². The van der Waals surface area contributed by atoms with Crippen LogP contribution in [0.5, 0.6) is 5.75 Å². The number of esters is 1. The molecule has 90 valence electrons. The monoisotopic (exact) mass is 244 g/mol. The molecule has 0 aromatic heterocycles. The van der Waals surface area contributed by atoms with Gasteiger partial charge in [-0.15, -0.1) is 0 Å². The summed E-state index contributed by atoms with van der Waals surface area (Å²) in [6.07, 6.45) is -2.20. The summed E-state index contributed by atoms with van der Waals surface area (Å²) in [6.45, 7) is -0.282. The van der Waals surface area contributed by atoms with Gasteiger partial charge in [-0.1, -0.05) is 0 Å². The van der Waals surface area contributed by atoms with E-state index < -0.39 is 29.9 Å². The van der Waals surface area contributed by atoms with E-state index in [9.17, 15) is 18.4 Å². The molecule has 1 saturated heterocycles. The van der Waals surface area contributed by atoms with Crippen LogP contribution in [-0.2, 0) is 14.3 Å². The van der Waals surface area contributed by atoms with Gasteiger partial charge in [-0.05, 0) is 0 Å². The Morgan fingerprint density at radius 1 is 1.29 bits per heavy atom. The van der Waals surface area contributed by atoms with Crippen molar-refractivity contribution < 1.29 is 32.6 Å².